The van der Waals surface area contributed by atoms with Crippen LogP contribution in [0.3, 0.4) is 0 Å². The Morgan fingerprint density at radius 3 is 1.15 bits per heavy atom. The molecule has 0 aliphatic carbocycles. The Morgan fingerprint density at radius 2 is 1.15 bits per heavy atom. The van der Waals surface area contributed by atoms with Gasteiger partial charge in [-0.15, -0.1) is 0 Å². The van der Waals surface area contributed by atoms with Gasteiger partial charge in [-0.1, -0.05) is 0 Å². The van der Waals surface area contributed by atoms with E-state index in [1.54, 1.807) is 0 Å². The average molecular weight is 198 g/mol. The van der Waals surface area contributed by atoms with Gasteiger partial charge in [-0.05, 0) is 6.92 Å². The van der Waals surface area contributed by atoms with Crippen molar-refractivity contribution in [3.63, 3.8) is 0 Å². The summed E-state index contributed by atoms with van der Waals surface area (Å²) in [5.74, 6) is -1.67. The van der Waals surface area contributed by atoms with Gasteiger partial charge in [0.05, 0.1) is 0 Å². The van der Waals surface area contributed by atoms with E-state index in [1.807, 2.05) is 0 Å². The Morgan fingerprint density at radius 1 is 1.15 bits per heavy atom. The zero-order valence-electron chi connectivity index (χ0n) is 11.4. The van der Waals surface area contributed by atoms with Crippen molar-refractivity contribution in [2.45, 2.75) is 20.8 Å². The SMILES string of the molecule is CC(=O)O.CC(=O)O.CC=O.[H-].[H-].[H-].[Li+].[Mg+2]. The second kappa shape index (κ2) is 29.6. The number of carboxylic acids is 2. The van der Waals surface area contributed by atoms with Crippen molar-refractivity contribution < 1.29 is 47.7 Å². The molecule has 0 amide bonds. The largest absolute Gasteiger partial charge is 2.00 e. The van der Waals surface area contributed by atoms with Crippen molar-refractivity contribution in [3.05, 3.63) is 0 Å². The number of carbonyl (C=O) groups is 3. The predicted molar refractivity (Wildman–Crippen MR) is 47.4 cm³/mol. The van der Waals surface area contributed by atoms with E-state index < -0.39 is 11.9 Å². The molecule has 72 valence electrons. The van der Waals surface area contributed by atoms with Crippen LogP contribution in [0.15, 0.2) is 0 Å². The van der Waals surface area contributed by atoms with E-state index in [-0.39, 0.29) is 46.2 Å². The molecule has 0 aromatic carbocycles. The van der Waals surface area contributed by atoms with Crippen LogP contribution in [0.2, 0.25) is 0 Å². The summed E-state index contributed by atoms with van der Waals surface area (Å²) in [6.07, 6.45) is 0.750. The Bertz CT molecular complexity index is 119. The minimum absolute atomic E-state index is 0. The van der Waals surface area contributed by atoms with E-state index in [0.717, 1.165) is 20.1 Å². The van der Waals surface area contributed by atoms with Crippen molar-refractivity contribution in [3.8, 4) is 0 Å². The number of aldehydes is 1. The van der Waals surface area contributed by atoms with Gasteiger partial charge in [0.2, 0.25) is 0 Å². The van der Waals surface area contributed by atoms with Gasteiger partial charge in [0.15, 0.2) is 0 Å². The fraction of sp³-hybridized carbons (Fsp3) is 0.500. The molecule has 0 aliphatic heterocycles. The molecule has 0 aromatic heterocycles. The third kappa shape index (κ3) is 1710000. The molecule has 7 heteroatoms. The van der Waals surface area contributed by atoms with Crippen molar-refractivity contribution >= 4 is 41.3 Å². The first kappa shape index (κ1) is 29.3. The molecule has 0 bridgehead atoms. The topological polar surface area (TPSA) is 91.7 Å². The maximum Gasteiger partial charge on any atom is 2.00 e. The number of aliphatic carboxylic acids is 2. The molecule has 0 atom stereocenters. The first-order valence-corrected chi connectivity index (χ1v) is 2.67. The second-order valence-electron chi connectivity index (χ2n) is 1.27. The zero-order chi connectivity index (χ0) is 9.86. The van der Waals surface area contributed by atoms with E-state index in [2.05, 4.69) is 0 Å². The minimum atomic E-state index is -0.833. The van der Waals surface area contributed by atoms with Gasteiger partial charge >= 0.3 is 41.9 Å². The normalized spacial score (nSPS) is 4.85. The predicted octanol–water partition coefficient (Wildman–Crippen LogP) is -2.65. The Hall–Kier alpha value is -0.0264. The van der Waals surface area contributed by atoms with Gasteiger partial charge in [-0.25, -0.2) is 0 Å². The standard InChI is InChI=1S/2C2H4O2.C2H4O.Li.Mg.3H/c2*1-2(3)4;1-2-3;;;;;/h2*1H3,(H,3,4);2H,1H3;;;;;/q;;;+1;+2;3*-1. The fourth-order valence-corrected chi connectivity index (χ4v) is 0. The van der Waals surface area contributed by atoms with Crippen LogP contribution in [0.5, 0.6) is 0 Å². The summed E-state index contributed by atoms with van der Waals surface area (Å²) < 4.78 is 0. The van der Waals surface area contributed by atoms with Gasteiger partial charge in [-0.2, -0.15) is 0 Å². The number of carbonyl (C=O) groups excluding carboxylic acids is 1. The van der Waals surface area contributed by atoms with Crippen LogP contribution in [-0.2, 0) is 14.4 Å². The maximum absolute atomic E-state index is 9.00. The summed E-state index contributed by atoms with van der Waals surface area (Å²) in [7, 11) is 0. The van der Waals surface area contributed by atoms with Crippen LogP contribution in [0.4, 0.5) is 0 Å². The average Bonchev–Trinajstić information content (AvgIpc) is 1.60. The monoisotopic (exact) mass is 198 g/mol. The first-order chi connectivity index (χ1) is 4.88. The second-order valence-corrected chi connectivity index (χ2v) is 1.27. The summed E-state index contributed by atoms with van der Waals surface area (Å²) >= 11 is 0. The van der Waals surface area contributed by atoms with Crippen LogP contribution in [0, 0.1) is 0 Å². The zero-order valence-corrected chi connectivity index (χ0v) is 9.82. The number of rotatable bonds is 0. The minimum Gasteiger partial charge on any atom is -1.00 e. The summed E-state index contributed by atoms with van der Waals surface area (Å²) in [4.78, 5) is 26.8. The molecule has 13 heavy (non-hydrogen) atoms. The van der Waals surface area contributed by atoms with Crippen molar-refractivity contribution in [1.82, 2.24) is 0 Å². The van der Waals surface area contributed by atoms with E-state index in [9.17, 15) is 0 Å². The Labute approximate surface area is 110 Å². The molecule has 0 heterocycles. The fourth-order valence-electron chi connectivity index (χ4n) is 0. The molecule has 5 nitrogen and oxygen atoms in total. The third-order valence-electron chi connectivity index (χ3n) is 0. The van der Waals surface area contributed by atoms with Crippen molar-refractivity contribution in [1.29, 1.82) is 0 Å². The summed E-state index contributed by atoms with van der Waals surface area (Å²) in [6.45, 7) is 3.61. The van der Waals surface area contributed by atoms with E-state index in [1.165, 1.54) is 6.92 Å². The van der Waals surface area contributed by atoms with E-state index in [0.29, 0.717) is 0 Å². The van der Waals surface area contributed by atoms with Gasteiger partial charge in [0.1, 0.15) is 6.29 Å². The molecule has 0 aromatic rings. The van der Waals surface area contributed by atoms with Gasteiger partial charge < -0.3 is 19.3 Å². The molecular weight excluding hydrogens is 183 g/mol. The summed E-state index contributed by atoms with van der Waals surface area (Å²) in [5.41, 5.74) is 0. The number of hydrogen-bond acceptors (Lipinski definition) is 3. The molecule has 0 aliphatic rings. The first-order valence-electron chi connectivity index (χ1n) is 2.67. The molecule has 0 rings (SSSR count). The van der Waals surface area contributed by atoms with E-state index in [4.69, 9.17) is 24.6 Å². The summed E-state index contributed by atoms with van der Waals surface area (Å²) in [6, 6.07) is 0. The maximum atomic E-state index is 9.00. The molecule has 0 spiro atoms. The van der Waals surface area contributed by atoms with Crippen molar-refractivity contribution in [2.75, 3.05) is 0 Å². The number of hydrogen-bond donors (Lipinski definition) is 2. The van der Waals surface area contributed by atoms with Gasteiger partial charge in [-0.3, -0.25) is 9.59 Å². The Kier molecular flexibility index (Phi) is 66.7. The van der Waals surface area contributed by atoms with Crippen LogP contribution in [0.1, 0.15) is 25.1 Å². The molecule has 0 saturated carbocycles. The molecular formula is C6H15LiMgO5. The van der Waals surface area contributed by atoms with Crippen LogP contribution >= 0.6 is 0 Å². The molecule has 0 saturated heterocycles. The van der Waals surface area contributed by atoms with Crippen molar-refractivity contribution in [2.24, 2.45) is 0 Å². The smallest absolute Gasteiger partial charge is 1.00 e. The quantitative estimate of drug-likeness (QED) is 0.328. The summed E-state index contributed by atoms with van der Waals surface area (Å²) in [5, 5.41) is 14.8. The third-order valence-corrected chi connectivity index (χ3v) is 0. The molecule has 2 N–H and O–H groups in total. The number of carboxylic acid groups (broad SMARTS) is 2. The van der Waals surface area contributed by atoms with Gasteiger partial charge in [0, 0.05) is 13.8 Å². The van der Waals surface area contributed by atoms with E-state index >= 15 is 0 Å². The molecule has 0 radical (unpaired) electrons. The molecule has 0 fully saturated rings. The van der Waals surface area contributed by atoms with Crippen LogP contribution in [-0.4, -0.2) is 51.5 Å². The molecule has 0 unspecified atom stereocenters. The van der Waals surface area contributed by atoms with Crippen LogP contribution in [0.25, 0.3) is 0 Å². The van der Waals surface area contributed by atoms with Gasteiger partial charge in [0.25, 0.3) is 11.9 Å². The Balaban J connectivity index is -0.00000000872. The van der Waals surface area contributed by atoms with Crippen LogP contribution < -0.4 is 18.9 Å².